The predicted molar refractivity (Wildman–Crippen MR) is 103 cm³/mol. The van der Waals surface area contributed by atoms with Crippen molar-refractivity contribution in [3.63, 3.8) is 0 Å². The number of benzene rings is 2. The minimum Gasteiger partial charge on any atom is -0.344 e. The molecule has 0 unspecified atom stereocenters. The smallest absolute Gasteiger partial charge is 0.257 e. The van der Waals surface area contributed by atoms with Crippen LogP contribution in [0.5, 0.6) is 0 Å². The molecule has 0 radical (unpaired) electrons. The number of rotatable bonds is 4. The number of aromatic nitrogens is 4. The van der Waals surface area contributed by atoms with Crippen molar-refractivity contribution in [3.05, 3.63) is 82.7 Å². The van der Waals surface area contributed by atoms with E-state index in [-0.39, 0.29) is 6.54 Å². The SMILES string of the molecule is Cc1ccc(-c2ccc3nnc(CNC(=O)c4c(F)cccc4F)n3n2)cc1C. The second-order valence-electron chi connectivity index (χ2n) is 6.68. The van der Waals surface area contributed by atoms with Crippen LogP contribution in [0.2, 0.25) is 0 Å². The first-order valence-corrected chi connectivity index (χ1v) is 8.95. The molecule has 4 rings (SSSR count). The van der Waals surface area contributed by atoms with Gasteiger partial charge in [0.25, 0.3) is 5.91 Å². The van der Waals surface area contributed by atoms with Gasteiger partial charge in [-0.15, -0.1) is 10.2 Å². The van der Waals surface area contributed by atoms with E-state index in [4.69, 9.17) is 0 Å². The summed E-state index contributed by atoms with van der Waals surface area (Å²) in [6.45, 7) is 3.98. The van der Waals surface area contributed by atoms with Crippen molar-refractivity contribution in [2.24, 2.45) is 0 Å². The van der Waals surface area contributed by atoms with E-state index in [2.05, 4.69) is 20.6 Å². The number of nitrogens with one attached hydrogen (secondary N) is 1. The number of aryl methyl sites for hydroxylation is 2. The zero-order chi connectivity index (χ0) is 20.5. The van der Waals surface area contributed by atoms with Crippen LogP contribution in [0, 0.1) is 25.5 Å². The monoisotopic (exact) mass is 393 g/mol. The van der Waals surface area contributed by atoms with Crippen LogP contribution in [0.1, 0.15) is 27.3 Å². The summed E-state index contributed by atoms with van der Waals surface area (Å²) in [7, 11) is 0. The summed E-state index contributed by atoms with van der Waals surface area (Å²) in [5.41, 5.74) is 3.85. The van der Waals surface area contributed by atoms with Crippen LogP contribution >= 0.6 is 0 Å². The molecule has 146 valence electrons. The van der Waals surface area contributed by atoms with Crippen LogP contribution in [-0.2, 0) is 6.54 Å². The number of hydrogen-bond donors (Lipinski definition) is 1. The molecule has 0 bridgehead atoms. The van der Waals surface area contributed by atoms with Crippen LogP contribution < -0.4 is 5.32 Å². The molecule has 0 spiro atoms. The average Bonchev–Trinajstić information content (AvgIpc) is 3.10. The molecule has 0 atom stereocenters. The first-order valence-electron chi connectivity index (χ1n) is 8.95. The molecule has 2 heterocycles. The number of carbonyl (C=O) groups is 1. The number of hydrogen-bond acceptors (Lipinski definition) is 4. The van der Waals surface area contributed by atoms with Crippen LogP contribution in [0.4, 0.5) is 8.78 Å². The number of nitrogens with zero attached hydrogens (tertiary/aromatic N) is 4. The van der Waals surface area contributed by atoms with Gasteiger partial charge in [-0.3, -0.25) is 4.79 Å². The van der Waals surface area contributed by atoms with Crippen molar-refractivity contribution in [2.75, 3.05) is 0 Å². The van der Waals surface area contributed by atoms with Gasteiger partial charge in [0.2, 0.25) is 0 Å². The molecule has 2 aromatic carbocycles. The minimum absolute atomic E-state index is 0.0862. The zero-order valence-corrected chi connectivity index (χ0v) is 15.8. The lowest BCUT2D eigenvalue weighted by Crippen LogP contribution is -2.26. The maximum Gasteiger partial charge on any atom is 0.257 e. The maximum atomic E-state index is 13.8. The third-order valence-electron chi connectivity index (χ3n) is 4.73. The highest BCUT2D eigenvalue weighted by Crippen LogP contribution is 2.21. The largest absolute Gasteiger partial charge is 0.344 e. The summed E-state index contributed by atoms with van der Waals surface area (Å²) >= 11 is 0. The lowest BCUT2D eigenvalue weighted by atomic mass is 10.0. The minimum atomic E-state index is -0.927. The van der Waals surface area contributed by atoms with Crippen molar-refractivity contribution >= 4 is 11.6 Å². The summed E-state index contributed by atoms with van der Waals surface area (Å²) in [6.07, 6.45) is 0. The van der Waals surface area contributed by atoms with Gasteiger partial charge in [-0.05, 0) is 55.3 Å². The third kappa shape index (κ3) is 3.56. The standard InChI is InChI=1S/C21H17F2N5O/c1-12-6-7-14(10-13(12)2)17-8-9-18-25-26-19(28(18)27-17)11-24-21(29)20-15(22)4-3-5-16(20)23/h3-10H,11H2,1-2H3,(H,24,29). The molecule has 2 aromatic heterocycles. The van der Waals surface area contributed by atoms with E-state index in [1.54, 1.807) is 6.07 Å². The Morgan fingerprint density at radius 1 is 1.00 bits per heavy atom. The fraction of sp³-hybridized carbons (Fsp3) is 0.143. The highest BCUT2D eigenvalue weighted by atomic mass is 19.1. The van der Waals surface area contributed by atoms with E-state index >= 15 is 0 Å². The maximum absolute atomic E-state index is 13.8. The average molecular weight is 393 g/mol. The van der Waals surface area contributed by atoms with Gasteiger partial charge < -0.3 is 5.32 Å². The van der Waals surface area contributed by atoms with E-state index in [0.717, 1.165) is 23.3 Å². The molecule has 6 nitrogen and oxygen atoms in total. The summed E-state index contributed by atoms with van der Waals surface area (Å²) in [5.74, 6) is -2.38. The van der Waals surface area contributed by atoms with Crippen LogP contribution in [-0.4, -0.2) is 25.7 Å². The summed E-state index contributed by atoms with van der Waals surface area (Å²) in [4.78, 5) is 12.2. The molecule has 0 saturated carbocycles. The molecular weight excluding hydrogens is 376 g/mol. The normalized spacial score (nSPS) is 11.0. The number of amides is 1. The highest BCUT2D eigenvalue weighted by Gasteiger charge is 2.18. The van der Waals surface area contributed by atoms with Gasteiger partial charge in [-0.2, -0.15) is 9.61 Å². The van der Waals surface area contributed by atoms with Crippen molar-refractivity contribution in [2.45, 2.75) is 20.4 Å². The van der Waals surface area contributed by atoms with Crippen molar-refractivity contribution in [3.8, 4) is 11.3 Å². The first kappa shape index (κ1) is 18.7. The first-order chi connectivity index (χ1) is 13.9. The Labute approximate surface area is 165 Å². The second kappa shape index (κ2) is 7.38. The fourth-order valence-corrected chi connectivity index (χ4v) is 2.96. The van der Waals surface area contributed by atoms with Crippen molar-refractivity contribution in [1.29, 1.82) is 0 Å². The molecule has 1 amide bonds. The van der Waals surface area contributed by atoms with Crippen LogP contribution in [0.15, 0.2) is 48.5 Å². The van der Waals surface area contributed by atoms with E-state index in [0.29, 0.717) is 17.2 Å². The van der Waals surface area contributed by atoms with E-state index < -0.39 is 23.1 Å². The molecule has 0 aliphatic heterocycles. The Morgan fingerprint density at radius 2 is 1.76 bits per heavy atom. The van der Waals surface area contributed by atoms with Gasteiger partial charge in [0.15, 0.2) is 11.5 Å². The van der Waals surface area contributed by atoms with Gasteiger partial charge in [0, 0.05) is 5.56 Å². The molecule has 0 aliphatic rings. The number of fused-ring (bicyclic) bond motifs is 1. The van der Waals surface area contributed by atoms with E-state index in [1.165, 1.54) is 16.1 Å². The predicted octanol–water partition coefficient (Wildman–Crippen LogP) is 3.62. The van der Waals surface area contributed by atoms with Gasteiger partial charge in [-0.25, -0.2) is 8.78 Å². The van der Waals surface area contributed by atoms with Gasteiger partial charge >= 0.3 is 0 Å². The van der Waals surface area contributed by atoms with Gasteiger partial charge in [0.1, 0.15) is 17.2 Å². The Balaban J connectivity index is 1.61. The topological polar surface area (TPSA) is 72.2 Å². The van der Waals surface area contributed by atoms with E-state index in [9.17, 15) is 13.6 Å². The Morgan fingerprint density at radius 3 is 2.48 bits per heavy atom. The Kier molecular flexibility index (Phi) is 4.75. The lowest BCUT2D eigenvalue weighted by molar-refractivity contribution is 0.0941. The number of carbonyl (C=O) groups excluding carboxylic acids is 1. The third-order valence-corrected chi connectivity index (χ3v) is 4.73. The van der Waals surface area contributed by atoms with Gasteiger partial charge in [-0.1, -0.05) is 18.2 Å². The number of halogens is 2. The summed E-state index contributed by atoms with van der Waals surface area (Å²) < 4.78 is 29.1. The summed E-state index contributed by atoms with van der Waals surface area (Å²) in [6, 6.07) is 12.9. The molecular formula is C21H17F2N5O. The fourth-order valence-electron chi connectivity index (χ4n) is 2.96. The van der Waals surface area contributed by atoms with Crippen molar-refractivity contribution < 1.29 is 13.6 Å². The lowest BCUT2D eigenvalue weighted by Gasteiger charge is -2.07. The molecule has 8 heteroatoms. The Hall–Kier alpha value is -3.68. The van der Waals surface area contributed by atoms with E-state index in [1.807, 2.05) is 38.1 Å². The molecule has 0 aliphatic carbocycles. The molecule has 29 heavy (non-hydrogen) atoms. The molecule has 0 saturated heterocycles. The molecule has 4 aromatic rings. The second-order valence-corrected chi connectivity index (χ2v) is 6.68. The Bertz CT molecular complexity index is 1210. The molecule has 0 fully saturated rings. The van der Waals surface area contributed by atoms with Crippen molar-refractivity contribution in [1.82, 2.24) is 25.1 Å². The quantitative estimate of drug-likeness (QED) is 0.575. The van der Waals surface area contributed by atoms with Gasteiger partial charge in [0.05, 0.1) is 12.2 Å². The van der Waals surface area contributed by atoms with Crippen LogP contribution in [0.3, 0.4) is 0 Å². The zero-order valence-electron chi connectivity index (χ0n) is 15.8. The molecule has 1 N–H and O–H groups in total. The van der Waals surface area contributed by atoms with Crippen LogP contribution in [0.25, 0.3) is 16.9 Å². The highest BCUT2D eigenvalue weighted by molar-refractivity contribution is 5.94. The summed E-state index contributed by atoms with van der Waals surface area (Å²) in [5, 5.41) is 15.1.